The van der Waals surface area contributed by atoms with Crippen molar-refractivity contribution in [2.24, 2.45) is 11.8 Å². The van der Waals surface area contributed by atoms with Crippen molar-refractivity contribution in [2.45, 2.75) is 65.0 Å². The second-order valence-corrected chi connectivity index (χ2v) is 6.96. The van der Waals surface area contributed by atoms with Crippen LogP contribution in [0.25, 0.3) is 0 Å². The van der Waals surface area contributed by atoms with Crippen molar-refractivity contribution in [3.8, 4) is 0 Å². The average Bonchev–Trinajstić information content (AvgIpc) is 3.29. The van der Waals surface area contributed by atoms with Gasteiger partial charge in [0.1, 0.15) is 5.54 Å². The van der Waals surface area contributed by atoms with E-state index in [4.69, 9.17) is 4.74 Å². The molecule has 0 amide bonds. The number of carbonyl (C=O) groups excluding carboxylic acids is 1. The predicted molar refractivity (Wildman–Crippen MR) is 85.2 cm³/mol. The van der Waals surface area contributed by atoms with Crippen molar-refractivity contribution >= 4 is 5.97 Å². The van der Waals surface area contributed by atoms with Crippen molar-refractivity contribution in [1.82, 2.24) is 10.2 Å². The smallest absolute Gasteiger partial charge is 0.327 e. The summed E-state index contributed by atoms with van der Waals surface area (Å²) in [5.41, 5.74) is -0.496. The van der Waals surface area contributed by atoms with Gasteiger partial charge in [0.05, 0.1) is 6.61 Å². The molecule has 2 saturated carbocycles. The summed E-state index contributed by atoms with van der Waals surface area (Å²) in [6.45, 7) is 11.6. The van der Waals surface area contributed by atoms with E-state index in [1.54, 1.807) is 0 Å². The van der Waals surface area contributed by atoms with E-state index >= 15 is 0 Å². The normalized spacial score (nSPS) is 21.6. The highest BCUT2D eigenvalue weighted by atomic mass is 16.5. The molecule has 1 unspecified atom stereocenters. The molecule has 0 spiro atoms. The molecule has 2 aliphatic rings. The van der Waals surface area contributed by atoms with Gasteiger partial charge in [-0.1, -0.05) is 6.92 Å². The van der Waals surface area contributed by atoms with Crippen LogP contribution in [0.4, 0.5) is 0 Å². The average molecular weight is 296 g/mol. The van der Waals surface area contributed by atoms with E-state index < -0.39 is 5.54 Å². The maximum atomic E-state index is 12.7. The zero-order valence-corrected chi connectivity index (χ0v) is 14.2. The lowest BCUT2D eigenvalue weighted by molar-refractivity contribution is -0.153. The standard InChI is InChI=1S/C17H32N2O2/c1-5-18-17(15-9-10-15,16(20)21-6-2)12-19(13(3)4)11-14-7-8-14/h13-15,18H,5-12H2,1-4H3. The molecule has 0 aromatic heterocycles. The SMILES string of the molecule is CCNC(CN(CC1CC1)C(C)C)(C(=O)OCC)C1CC1. The van der Waals surface area contributed by atoms with E-state index in [1.807, 2.05) is 6.92 Å². The van der Waals surface area contributed by atoms with Crippen molar-refractivity contribution in [3.05, 3.63) is 0 Å². The molecule has 0 aromatic rings. The van der Waals surface area contributed by atoms with E-state index in [-0.39, 0.29) is 5.97 Å². The molecule has 0 radical (unpaired) electrons. The van der Waals surface area contributed by atoms with Gasteiger partial charge in [-0.2, -0.15) is 0 Å². The van der Waals surface area contributed by atoms with Gasteiger partial charge in [0, 0.05) is 19.1 Å². The Labute approximate surface area is 129 Å². The Kier molecular flexibility index (Phi) is 5.67. The Balaban J connectivity index is 2.13. The second kappa shape index (κ2) is 7.10. The van der Waals surface area contributed by atoms with Gasteiger partial charge in [0.2, 0.25) is 0 Å². The zero-order valence-electron chi connectivity index (χ0n) is 14.2. The van der Waals surface area contributed by atoms with Gasteiger partial charge in [-0.05, 0) is 64.8 Å². The van der Waals surface area contributed by atoms with Crippen molar-refractivity contribution in [2.75, 3.05) is 26.2 Å². The number of nitrogens with zero attached hydrogens (tertiary/aromatic N) is 1. The zero-order chi connectivity index (χ0) is 15.5. The minimum Gasteiger partial charge on any atom is -0.465 e. The number of nitrogens with one attached hydrogen (secondary N) is 1. The molecule has 1 N–H and O–H groups in total. The van der Waals surface area contributed by atoms with E-state index in [9.17, 15) is 4.79 Å². The van der Waals surface area contributed by atoms with Crippen molar-refractivity contribution < 1.29 is 9.53 Å². The molecule has 2 aliphatic carbocycles. The van der Waals surface area contributed by atoms with Crippen LogP contribution in [0.15, 0.2) is 0 Å². The Morgan fingerprint density at radius 1 is 1.29 bits per heavy atom. The van der Waals surface area contributed by atoms with Gasteiger partial charge in [-0.25, -0.2) is 4.79 Å². The summed E-state index contributed by atoms with van der Waals surface area (Å²) >= 11 is 0. The van der Waals surface area contributed by atoms with Crippen LogP contribution in [0.2, 0.25) is 0 Å². The lowest BCUT2D eigenvalue weighted by Gasteiger charge is -2.39. The maximum absolute atomic E-state index is 12.7. The molecule has 21 heavy (non-hydrogen) atoms. The van der Waals surface area contributed by atoms with E-state index in [2.05, 4.69) is 31.0 Å². The molecule has 0 heterocycles. The lowest BCUT2D eigenvalue weighted by Crippen LogP contribution is -2.62. The number of carbonyl (C=O) groups is 1. The lowest BCUT2D eigenvalue weighted by atomic mass is 9.91. The molecule has 4 nitrogen and oxygen atoms in total. The molecular weight excluding hydrogens is 264 g/mol. The summed E-state index contributed by atoms with van der Waals surface area (Å²) in [4.78, 5) is 15.2. The molecule has 0 aromatic carbocycles. The van der Waals surface area contributed by atoms with E-state index in [0.29, 0.717) is 18.6 Å². The third-order valence-corrected chi connectivity index (χ3v) is 4.78. The molecule has 122 valence electrons. The van der Waals surface area contributed by atoms with Crippen molar-refractivity contribution in [1.29, 1.82) is 0 Å². The predicted octanol–water partition coefficient (Wildman–Crippen LogP) is 2.43. The number of rotatable bonds is 10. The van der Waals surface area contributed by atoms with Gasteiger partial charge in [0.15, 0.2) is 0 Å². The number of hydrogen-bond acceptors (Lipinski definition) is 4. The van der Waals surface area contributed by atoms with Crippen LogP contribution < -0.4 is 5.32 Å². The van der Waals surface area contributed by atoms with Crippen LogP contribution in [0.5, 0.6) is 0 Å². The van der Waals surface area contributed by atoms with Crippen LogP contribution in [-0.4, -0.2) is 48.7 Å². The summed E-state index contributed by atoms with van der Waals surface area (Å²) in [6, 6.07) is 0.469. The second-order valence-electron chi connectivity index (χ2n) is 6.96. The number of esters is 1. The Morgan fingerprint density at radius 3 is 2.38 bits per heavy atom. The Bertz CT molecular complexity index is 351. The molecule has 1 atom stereocenters. The van der Waals surface area contributed by atoms with Gasteiger partial charge >= 0.3 is 5.97 Å². The van der Waals surface area contributed by atoms with Crippen LogP contribution >= 0.6 is 0 Å². The first-order valence-corrected chi connectivity index (χ1v) is 8.69. The third kappa shape index (κ3) is 4.19. The van der Waals surface area contributed by atoms with Gasteiger partial charge in [-0.3, -0.25) is 4.90 Å². The van der Waals surface area contributed by atoms with Gasteiger partial charge in [-0.15, -0.1) is 0 Å². The van der Waals surface area contributed by atoms with E-state index in [1.165, 1.54) is 12.8 Å². The van der Waals surface area contributed by atoms with Crippen molar-refractivity contribution in [3.63, 3.8) is 0 Å². The summed E-state index contributed by atoms with van der Waals surface area (Å²) in [6.07, 6.45) is 4.98. The number of ether oxygens (including phenoxy) is 1. The number of hydrogen-bond donors (Lipinski definition) is 1. The first kappa shape index (κ1) is 16.8. The molecule has 2 fully saturated rings. The quantitative estimate of drug-likeness (QED) is 0.629. The molecule has 4 heteroatoms. The first-order chi connectivity index (χ1) is 10.0. The van der Waals surface area contributed by atoms with Crippen LogP contribution in [0.3, 0.4) is 0 Å². The molecular formula is C17H32N2O2. The molecule has 0 bridgehead atoms. The first-order valence-electron chi connectivity index (χ1n) is 8.69. The van der Waals surface area contributed by atoms with Crippen LogP contribution in [0.1, 0.15) is 53.4 Å². The fourth-order valence-electron chi connectivity index (χ4n) is 3.19. The highest BCUT2D eigenvalue weighted by Crippen LogP contribution is 2.42. The minimum absolute atomic E-state index is 0.0456. The molecule has 2 rings (SSSR count). The molecule has 0 saturated heterocycles. The van der Waals surface area contributed by atoms with Gasteiger partial charge in [0.25, 0.3) is 0 Å². The summed E-state index contributed by atoms with van der Waals surface area (Å²) < 4.78 is 5.43. The Hall–Kier alpha value is -0.610. The molecule has 0 aliphatic heterocycles. The fraction of sp³-hybridized carbons (Fsp3) is 0.941. The summed E-state index contributed by atoms with van der Waals surface area (Å²) in [5.74, 6) is 1.24. The minimum atomic E-state index is -0.496. The summed E-state index contributed by atoms with van der Waals surface area (Å²) in [5, 5.41) is 3.51. The highest BCUT2D eigenvalue weighted by molar-refractivity contribution is 5.82. The third-order valence-electron chi connectivity index (χ3n) is 4.78. The fourth-order valence-corrected chi connectivity index (χ4v) is 3.19. The largest absolute Gasteiger partial charge is 0.465 e. The van der Waals surface area contributed by atoms with Crippen LogP contribution in [0, 0.1) is 11.8 Å². The topological polar surface area (TPSA) is 41.6 Å². The number of likely N-dealkylation sites (N-methyl/N-ethyl adjacent to an activating group) is 1. The highest BCUT2D eigenvalue weighted by Gasteiger charge is 2.52. The van der Waals surface area contributed by atoms with E-state index in [0.717, 1.165) is 38.4 Å². The van der Waals surface area contributed by atoms with Crippen LogP contribution in [-0.2, 0) is 9.53 Å². The maximum Gasteiger partial charge on any atom is 0.327 e. The monoisotopic (exact) mass is 296 g/mol. The summed E-state index contributed by atoms with van der Waals surface area (Å²) in [7, 11) is 0. The Morgan fingerprint density at radius 2 is 1.95 bits per heavy atom. The van der Waals surface area contributed by atoms with Gasteiger partial charge < -0.3 is 10.1 Å².